The monoisotopic (exact) mass is 384 g/mol. The Bertz CT molecular complexity index is 847. The Balaban J connectivity index is 1.64. The van der Waals surface area contributed by atoms with Gasteiger partial charge in [-0.2, -0.15) is 0 Å². The maximum absolute atomic E-state index is 12.7. The van der Waals surface area contributed by atoms with Crippen molar-refractivity contribution in [3.63, 3.8) is 0 Å². The highest BCUT2D eigenvalue weighted by Gasteiger charge is 2.23. The lowest BCUT2D eigenvalue weighted by atomic mass is 10.2. The van der Waals surface area contributed by atoms with Crippen LogP contribution >= 0.6 is 0 Å². The molecular weight excluding hydrogens is 356 g/mol. The number of rotatable bonds is 4. The highest BCUT2D eigenvalue weighted by molar-refractivity contribution is 5.91. The van der Waals surface area contributed by atoms with Crippen LogP contribution in [0.4, 0.5) is 22.1 Å². The lowest BCUT2D eigenvalue weighted by Gasteiger charge is -2.35. The van der Waals surface area contributed by atoms with Crippen LogP contribution in [0.2, 0.25) is 0 Å². The van der Waals surface area contributed by atoms with Gasteiger partial charge < -0.3 is 24.8 Å². The first kappa shape index (κ1) is 19.7. The van der Waals surface area contributed by atoms with E-state index in [9.17, 15) is 4.79 Å². The van der Waals surface area contributed by atoms with Gasteiger partial charge in [-0.3, -0.25) is 0 Å². The summed E-state index contributed by atoms with van der Waals surface area (Å²) < 4.78 is 5.35. The Morgan fingerprint density at radius 1 is 1.11 bits per heavy atom. The zero-order valence-corrected chi connectivity index (χ0v) is 17.2. The number of methoxy groups -OCH3 is 1. The zero-order chi connectivity index (χ0) is 20.3. The molecule has 1 N–H and O–H groups in total. The van der Waals surface area contributed by atoms with E-state index < -0.39 is 0 Å². The summed E-state index contributed by atoms with van der Waals surface area (Å²) in [5, 5.41) is 2.97. The van der Waals surface area contributed by atoms with Gasteiger partial charge in [-0.15, -0.1) is 0 Å². The molecule has 28 heavy (non-hydrogen) atoms. The Hall–Kier alpha value is -3.03. The maximum Gasteiger partial charge on any atom is 0.322 e. The van der Waals surface area contributed by atoms with Crippen LogP contribution in [-0.4, -0.2) is 68.3 Å². The van der Waals surface area contributed by atoms with Crippen LogP contribution in [0.3, 0.4) is 0 Å². The van der Waals surface area contributed by atoms with Crippen molar-refractivity contribution >= 4 is 23.4 Å². The molecule has 1 aromatic carbocycles. The second-order valence-electron chi connectivity index (χ2n) is 7.13. The number of hydrogen-bond acceptors (Lipinski definition) is 6. The minimum Gasteiger partial charge on any atom is -0.495 e. The summed E-state index contributed by atoms with van der Waals surface area (Å²) >= 11 is 0. The highest BCUT2D eigenvalue weighted by Crippen LogP contribution is 2.26. The second-order valence-corrected chi connectivity index (χ2v) is 7.13. The van der Waals surface area contributed by atoms with Gasteiger partial charge in [0.2, 0.25) is 0 Å². The van der Waals surface area contributed by atoms with Gasteiger partial charge in [-0.25, -0.2) is 14.8 Å². The Kier molecular flexibility index (Phi) is 5.87. The van der Waals surface area contributed by atoms with E-state index in [1.807, 2.05) is 62.0 Å². The van der Waals surface area contributed by atoms with Gasteiger partial charge in [0.05, 0.1) is 12.8 Å². The summed E-state index contributed by atoms with van der Waals surface area (Å²) in [7, 11) is 5.53. The largest absolute Gasteiger partial charge is 0.495 e. The number of nitrogens with zero attached hydrogens (tertiary/aromatic N) is 5. The number of urea groups is 1. The number of nitrogens with one attached hydrogen (secondary N) is 1. The third-order valence-electron chi connectivity index (χ3n) is 4.76. The molecule has 8 heteroatoms. The quantitative estimate of drug-likeness (QED) is 0.873. The molecule has 0 spiro atoms. The fraction of sp³-hybridized carbons (Fsp3) is 0.450. The predicted molar refractivity (Wildman–Crippen MR) is 112 cm³/mol. The van der Waals surface area contributed by atoms with Gasteiger partial charge in [0.15, 0.2) is 0 Å². The summed E-state index contributed by atoms with van der Waals surface area (Å²) in [6.45, 7) is 6.58. The first-order valence-corrected chi connectivity index (χ1v) is 9.36. The summed E-state index contributed by atoms with van der Waals surface area (Å²) in [5.41, 5.74) is 1.76. The lowest BCUT2D eigenvalue weighted by molar-refractivity contribution is 0.208. The maximum atomic E-state index is 12.7. The van der Waals surface area contributed by atoms with Crippen LogP contribution < -0.4 is 19.9 Å². The predicted octanol–water partition coefficient (Wildman–Crippen LogP) is 2.52. The zero-order valence-electron chi connectivity index (χ0n) is 17.2. The molecule has 150 valence electrons. The molecule has 3 rings (SSSR count). The number of ether oxygens (including phenoxy) is 1. The number of piperazine rings is 1. The van der Waals surface area contributed by atoms with Crippen LogP contribution in [0.15, 0.2) is 24.3 Å². The molecule has 0 unspecified atom stereocenters. The molecule has 0 aliphatic carbocycles. The van der Waals surface area contributed by atoms with Crippen molar-refractivity contribution in [1.82, 2.24) is 14.9 Å². The highest BCUT2D eigenvalue weighted by atomic mass is 16.5. The number of amides is 2. The fourth-order valence-electron chi connectivity index (χ4n) is 3.18. The van der Waals surface area contributed by atoms with Crippen molar-refractivity contribution < 1.29 is 9.53 Å². The molecule has 0 atom stereocenters. The number of carbonyl (C=O) groups excluding carboxylic acids is 1. The molecule has 1 aromatic heterocycles. The molecular formula is C20H28N6O2. The summed E-state index contributed by atoms with van der Waals surface area (Å²) in [6.07, 6.45) is 0. The van der Waals surface area contributed by atoms with Crippen molar-refractivity contribution in [2.45, 2.75) is 13.8 Å². The van der Waals surface area contributed by atoms with E-state index in [1.165, 1.54) is 0 Å². The minimum atomic E-state index is -0.114. The summed E-state index contributed by atoms with van der Waals surface area (Å²) in [4.78, 5) is 27.7. The number of aromatic nitrogens is 2. The number of benzene rings is 1. The van der Waals surface area contributed by atoms with Crippen molar-refractivity contribution in [3.05, 3.63) is 35.7 Å². The molecule has 0 bridgehead atoms. The molecule has 0 saturated carbocycles. The van der Waals surface area contributed by atoms with Crippen molar-refractivity contribution in [2.75, 3.05) is 62.5 Å². The standard InChI is InChI=1S/C20H28N6O2/c1-14-6-7-17(28-5)16(12-14)23-20(27)26-10-8-25(9-11-26)19-13-18(24(3)4)21-15(2)22-19/h6-7,12-13H,8-11H2,1-5H3,(H,23,27). The number of anilines is 3. The van der Waals surface area contributed by atoms with Gasteiger partial charge in [-0.1, -0.05) is 6.07 Å². The average Bonchev–Trinajstić information content (AvgIpc) is 2.67. The van der Waals surface area contributed by atoms with Crippen molar-refractivity contribution in [1.29, 1.82) is 0 Å². The van der Waals surface area contributed by atoms with Crippen molar-refractivity contribution in [2.24, 2.45) is 0 Å². The summed E-state index contributed by atoms with van der Waals surface area (Å²) in [5.74, 6) is 3.18. The van der Waals surface area contributed by atoms with Crippen molar-refractivity contribution in [3.8, 4) is 5.75 Å². The van der Waals surface area contributed by atoms with E-state index >= 15 is 0 Å². The van der Waals surface area contributed by atoms with E-state index in [0.717, 1.165) is 36.1 Å². The Morgan fingerprint density at radius 3 is 2.46 bits per heavy atom. The van der Waals surface area contributed by atoms with E-state index in [0.29, 0.717) is 24.5 Å². The van der Waals surface area contributed by atoms with E-state index in [4.69, 9.17) is 4.74 Å². The molecule has 2 amide bonds. The molecule has 1 aliphatic rings. The van der Waals surface area contributed by atoms with Crippen LogP contribution in [-0.2, 0) is 0 Å². The van der Waals surface area contributed by atoms with Gasteiger partial charge in [-0.05, 0) is 31.5 Å². The van der Waals surface area contributed by atoms with E-state index in [1.54, 1.807) is 7.11 Å². The Labute approximate surface area is 166 Å². The third-order valence-corrected chi connectivity index (χ3v) is 4.76. The van der Waals surface area contributed by atoms with Crippen LogP contribution in [0.1, 0.15) is 11.4 Å². The average molecular weight is 384 g/mol. The van der Waals surface area contributed by atoms with Crippen LogP contribution in [0.5, 0.6) is 5.75 Å². The second kappa shape index (κ2) is 8.33. The van der Waals surface area contributed by atoms with Gasteiger partial charge >= 0.3 is 6.03 Å². The molecule has 1 aliphatic heterocycles. The normalized spacial score (nSPS) is 14.0. The van der Waals surface area contributed by atoms with Gasteiger partial charge in [0.25, 0.3) is 0 Å². The first-order valence-electron chi connectivity index (χ1n) is 9.36. The third kappa shape index (κ3) is 4.44. The van der Waals surface area contributed by atoms with E-state index in [-0.39, 0.29) is 6.03 Å². The molecule has 2 aromatic rings. The SMILES string of the molecule is COc1ccc(C)cc1NC(=O)N1CCN(c2cc(N(C)C)nc(C)n2)CC1. The first-order chi connectivity index (χ1) is 13.4. The Morgan fingerprint density at radius 2 is 1.82 bits per heavy atom. The molecule has 2 heterocycles. The molecule has 1 saturated heterocycles. The fourth-order valence-corrected chi connectivity index (χ4v) is 3.18. The number of aryl methyl sites for hydroxylation is 2. The van der Waals surface area contributed by atoms with E-state index in [2.05, 4.69) is 20.2 Å². The molecule has 1 fully saturated rings. The molecule has 0 radical (unpaired) electrons. The van der Waals surface area contributed by atoms with Crippen LogP contribution in [0, 0.1) is 13.8 Å². The topological polar surface area (TPSA) is 73.8 Å². The number of carbonyl (C=O) groups is 1. The number of hydrogen-bond donors (Lipinski definition) is 1. The smallest absolute Gasteiger partial charge is 0.322 e. The minimum absolute atomic E-state index is 0.114. The summed E-state index contributed by atoms with van der Waals surface area (Å²) in [6, 6.07) is 7.61. The molecule has 8 nitrogen and oxygen atoms in total. The van der Waals surface area contributed by atoms with Gasteiger partial charge in [0.1, 0.15) is 23.2 Å². The van der Waals surface area contributed by atoms with Crippen LogP contribution in [0.25, 0.3) is 0 Å². The van der Waals surface area contributed by atoms with Gasteiger partial charge in [0, 0.05) is 46.3 Å². The lowest BCUT2D eigenvalue weighted by Crippen LogP contribution is -2.50.